The lowest BCUT2D eigenvalue weighted by Crippen LogP contribution is -2.36. The Labute approximate surface area is 150 Å². The fourth-order valence-corrected chi connectivity index (χ4v) is 4.20. The molecule has 0 bridgehead atoms. The molecule has 1 aliphatic rings. The van der Waals surface area contributed by atoms with Gasteiger partial charge in [-0.15, -0.1) is 11.3 Å². The van der Waals surface area contributed by atoms with Gasteiger partial charge < -0.3 is 4.90 Å². The van der Waals surface area contributed by atoms with Gasteiger partial charge in [-0.2, -0.15) is 0 Å². The van der Waals surface area contributed by atoms with Crippen LogP contribution < -0.4 is 0 Å². The monoisotopic (exact) mass is 354 g/mol. The SMILES string of the molecule is O=C(Cc1ccc2sc(-c3cccc(F)c3)nc2c1)N1CCCCC1. The number of aromatic nitrogens is 1. The normalized spacial score (nSPS) is 14.8. The van der Waals surface area contributed by atoms with Crippen molar-refractivity contribution < 1.29 is 9.18 Å². The van der Waals surface area contributed by atoms with Gasteiger partial charge in [0.05, 0.1) is 16.6 Å². The first-order chi connectivity index (χ1) is 12.2. The van der Waals surface area contributed by atoms with E-state index in [1.807, 2.05) is 29.2 Å². The first kappa shape index (κ1) is 16.2. The maximum absolute atomic E-state index is 13.4. The van der Waals surface area contributed by atoms with Gasteiger partial charge in [-0.05, 0) is 49.1 Å². The van der Waals surface area contributed by atoms with Crippen LogP contribution in [0.1, 0.15) is 24.8 Å². The van der Waals surface area contributed by atoms with Crippen molar-refractivity contribution in [3.8, 4) is 10.6 Å². The van der Waals surface area contributed by atoms with Crippen molar-refractivity contribution in [1.82, 2.24) is 9.88 Å². The van der Waals surface area contributed by atoms with Crippen LogP contribution in [0.25, 0.3) is 20.8 Å². The number of nitrogens with zero attached hydrogens (tertiary/aromatic N) is 2. The minimum atomic E-state index is -0.260. The molecule has 1 amide bonds. The van der Waals surface area contributed by atoms with E-state index in [-0.39, 0.29) is 11.7 Å². The molecule has 1 fully saturated rings. The highest BCUT2D eigenvalue weighted by atomic mass is 32.1. The number of hydrogen-bond acceptors (Lipinski definition) is 3. The zero-order valence-corrected chi connectivity index (χ0v) is 14.7. The molecule has 0 unspecified atom stereocenters. The van der Waals surface area contributed by atoms with Crippen molar-refractivity contribution in [3.05, 3.63) is 53.8 Å². The number of piperidine rings is 1. The molecular formula is C20H19FN2OS. The van der Waals surface area contributed by atoms with E-state index in [4.69, 9.17) is 0 Å². The number of carbonyl (C=O) groups excluding carboxylic acids is 1. The summed E-state index contributed by atoms with van der Waals surface area (Å²) in [6.07, 6.45) is 3.85. The molecular weight excluding hydrogens is 335 g/mol. The van der Waals surface area contributed by atoms with E-state index in [2.05, 4.69) is 4.98 Å². The Morgan fingerprint density at radius 3 is 2.76 bits per heavy atom. The van der Waals surface area contributed by atoms with Gasteiger partial charge in [-0.25, -0.2) is 9.37 Å². The summed E-state index contributed by atoms with van der Waals surface area (Å²) in [4.78, 5) is 19.0. The van der Waals surface area contributed by atoms with E-state index < -0.39 is 0 Å². The third-order valence-electron chi connectivity index (χ3n) is 4.59. The van der Waals surface area contributed by atoms with Crippen LogP contribution in [0.3, 0.4) is 0 Å². The number of hydrogen-bond donors (Lipinski definition) is 0. The second kappa shape index (κ2) is 6.92. The van der Waals surface area contributed by atoms with Gasteiger partial charge in [-0.1, -0.05) is 18.2 Å². The molecule has 4 rings (SSSR count). The summed E-state index contributed by atoms with van der Waals surface area (Å²) < 4.78 is 14.5. The maximum Gasteiger partial charge on any atom is 0.226 e. The lowest BCUT2D eigenvalue weighted by atomic mass is 10.1. The summed E-state index contributed by atoms with van der Waals surface area (Å²) in [5.74, 6) is -0.0655. The van der Waals surface area contributed by atoms with Gasteiger partial charge in [0.15, 0.2) is 0 Å². The average molecular weight is 354 g/mol. The van der Waals surface area contributed by atoms with Crippen molar-refractivity contribution in [2.75, 3.05) is 13.1 Å². The van der Waals surface area contributed by atoms with Crippen molar-refractivity contribution in [2.24, 2.45) is 0 Å². The Morgan fingerprint density at radius 2 is 1.96 bits per heavy atom. The third-order valence-corrected chi connectivity index (χ3v) is 5.67. The zero-order valence-electron chi connectivity index (χ0n) is 13.9. The largest absolute Gasteiger partial charge is 0.342 e. The predicted molar refractivity (Wildman–Crippen MR) is 99.1 cm³/mol. The lowest BCUT2D eigenvalue weighted by Gasteiger charge is -2.26. The Balaban J connectivity index is 1.56. The molecule has 0 aliphatic carbocycles. The van der Waals surface area contributed by atoms with E-state index in [0.29, 0.717) is 6.42 Å². The molecule has 1 aliphatic heterocycles. The van der Waals surface area contributed by atoms with Crippen molar-refractivity contribution >= 4 is 27.5 Å². The Morgan fingerprint density at radius 1 is 1.12 bits per heavy atom. The Hall–Kier alpha value is -2.27. The molecule has 0 radical (unpaired) electrons. The molecule has 3 nitrogen and oxygen atoms in total. The second-order valence-corrected chi connectivity index (χ2v) is 7.48. The number of carbonyl (C=O) groups is 1. The van der Waals surface area contributed by atoms with E-state index in [1.165, 1.54) is 18.6 Å². The minimum Gasteiger partial charge on any atom is -0.342 e. The summed E-state index contributed by atoms with van der Waals surface area (Å²) in [5, 5.41) is 0.800. The highest BCUT2D eigenvalue weighted by molar-refractivity contribution is 7.21. The van der Waals surface area contributed by atoms with Crippen LogP contribution in [0.4, 0.5) is 4.39 Å². The van der Waals surface area contributed by atoms with Crippen LogP contribution in [-0.2, 0) is 11.2 Å². The number of amides is 1. The highest BCUT2D eigenvalue weighted by Crippen LogP contribution is 2.31. The van der Waals surface area contributed by atoms with Crippen LogP contribution >= 0.6 is 11.3 Å². The molecule has 3 aromatic rings. The van der Waals surface area contributed by atoms with Crippen molar-refractivity contribution in [3.63, 3.8) is 0 Å². The summed E-state index contributed by atoms with van der Waals surface area (Å²) >= 11 is 1.54. The number of rotatable bonds is 3. The summed E-state index contributed by atoms with van der Waals surface area (Å²) in [6, 6.07) is 12.5. The molecule has 0 atom stereocenters. The first-order valence-electron chi connectivity index (χ1n) is 8.62. The molecule has 2 heterocycles. The lowest BCUT2D eigenvalue weighted by molar-refractivity contribution is -0.131. The van der Waals surface area contributed by atoms with Crippen LogP contribution in [0.15, 0.2) is 42.5 Å². The van der Waals surface area contributed by atoms with E-state index in [0.717, 1.165) is 52.3 Å². The first-order valence-corrected chi connectivity index (χ1v) is 9.44. The second-order valence-electron chi connectivity index (χ2n) is 6.45. The number of likely N-dealkylation sites (tertiary alicyclic amines) is 1. The molecule has 128 valence electrons. The van der Waals surface area contributed by atoms with Gasteiger partial charge in [0.2, 0.25) is 5.91 Å². The molecule has 0 N–H and O–H groups in total. The van der Waals surface area contributed by atoms with Gasteiger partial charge in [0.25, 0.3) is 0 Å². The summed E-state index contributed by atoms with van der Waals surface area (Å²) in [6.45, 7) is 1.75. The molecule has 2 aromatic carbocycles. The quantitative estimate of drug-likeness (QED) is 0.685. The van der Waals surface area contributed by atoms with Crippen LogP contribution in [0.2, 0.25) is 0 Å². The maximum atomic E-state index is 13.4. The minimum absolute atomic E-state index is 0.194. The number of benzene rings is 2. The van der Waals surface area contributed by atoms with E-state index >= 15 is 0 Å². The fraction of sp³-hybridized carbons (Fsp3) is 0.300. The van der Waals surface area contributed by atoms with Gasteiger partial charge in [0.1, 0.15) is 10.8 Å². The number of thiazole rings is 1. The topological polar surface area (TPSA) is 33.2 Å². The molecule has 25 heavy (non-hydrogen) atoms. The zero-order chi connectivity index (χ0) is 17.2. The van der Waals surface area contributed by atoms with Gasteiger partial charge >= 0.3 is 0 Å². The van der Waals surface area contributed by atoms with Gasteiger partial charge in [0, 0.05) is 18.7 Å². The van der Waals surface area contributed by atoms with E-state index in [9.17, 15) is 9.18 Å². The highest BCUT2D eigenvalue weighted by Gasteiger charge is 2.17. The number of fused-ring (bicyclic) bond motifs is 1. The van der Waals surface area contributed by atoms with Crippen LogP contribution in [0.5, 0.6) is 0 Å². The molecule has 1 aromatic heterocycles. The van der Waals surface area contributed by atoms with Crippen molar-refractivity contribution in [2.45, 2.75) is 25.7 Å². The van der Waals surface area contributed by atoms with E-state index in [1.54, 1.807) is 17.4 Å². The van der Waals surface area contributed by atoms with Crippen LogP contribution in [0, 0.1) is 5.82 Å². The predicted octanol–water partition coefficient (Wildman–Crippen LogP) is 4.66. The molecule has 0 saturated carbocycles. The molecule has 1 saturated heterocycles. The standard InChI is InChI=1S/C20H19FN2OS/c21-16-6-4-5-15(13-16)20-22-17-11-14(7-8-18(17)25-20)12-19(24)23-9-2-1-3-10-23/h4-8,11,13H,1-3,9-10,12H2. The summed E-state index contributed by atoms with van der Waals surface area (Å²) in [7, 11) is 0. The Bertz CT molecular complexity index is 915. The molecule has 5 heteroatoms. The third kappa shape index (κ3) is 3.56. The summed E-state index contributed by atoms with van der Waals surface area (Å²) in [5.41, 5.74) is 2.64. The number of halogens is 1. The van der Waals surface area contributed by atoms with Crippen molar-refractivity contribution in [1.29, 1.82) is 0 Å². The average Bonchev–Trinajstić information content (AvgIpc) is 3.06. The van der Waals surface area contributed by atoms with Crippen LogP contribution in [-0.4, -0.2) is 28.9 Å². The fourth-order valence-electron chi connectivity index (χ4n) is 3.26. The smallest absolute Gasteiger partial charge is 0.226 e. The molecule has 0 spiro atoms. The Kier molecular flexibility index (Phi) is 4.49. The van der Waals surface area contributed by atoms with Gasteiger partial charge in [-0.3, -0.25) is 4.79 Å².